The molecule has 5 heteroatoms. The Labute approximate surface area is 131 Å². The monoisotopic (exact) mass is 349 g/mol. The predicted molar refractivity (Wildman–Crippen MR) is 81.1 cm³/mol. The minimum absolute atomic E-state index is 0.0162. The van der Waals surface area contributed by atoms with Gasteiger partial charge in [-0.3, -0.25) is 0 Å². The van der Waals surface area contributed by atoms with Gasteiger partial charge in [0.25, 0.3) is 0 Å². The highest BCUT2D eigenvalue weighted by Crippen LogP contribution is 2.27. The second-order valence-corrected chi connectivity index (χ2v) is 4.88. The Hall–Kier alpha value is -2.06. The molecule has 0 aliphatic heterocycles. The van der Waals surface area contributed by atoms with Crippen LogP contribution in [0.3, 0.4) is 0 Å². The number of hydrogen-bond acceptors (Lipinski definition) is 3. The molecule has 2 aromatic rings. The van der Waals surface area contributed by atoms with Crippen molar-refractivity contribution in [3.8, 4) is 17.6 Å². The first kappa shape index (κ1) is 15.3. The Morgan fingerprint density at radius 2 is 2.05 bits per heavy atom. The first-order chi connectivity index (χ1) is 10.2. The van der Waals surface area contributed by atoms with Gasteiger partial charge >= 0.3 is 0 Å². The normalized spacial score (nSPS) is 10.0. The first-order valence-corrected chi connectivity index (χ1v) is 7.34. The number of benzene rings is 2. The number of nitriles is 1. The summed E-state index contributed by atoms with van der Waals surface area (Å²) in [6.07, 6.45) is 0. The van der Waals surface area contributed by atoms with Crippen LogP contribution in [-0.4, -0.2) is 7.11 Å². The Bertz CT molecular complexity index is 682. The number of halogens is 2. The zero-order valence-corrected chi connectivity index (χ0v) is 13.0. The molecule has 0 unspecified atom stereocenters. The van der Waals surface area contributed by atoms with Gasteiger partial charge < -0.3 is 9.47 Å². The molecule has 2 aromatic carbocycles. The second kappa shape index (κ2) is 7.09. The van der Waals surface area contributed by atoms with E-state index in [0.717, 1.165) is 11.1 Å². The molecule has 0 atom stereocenters. The summed E-state index contributed by atoms with van der Waals surface area (Å²) in [5, 5.41) is 9.48. The third-order valence-electron chi connectivity index (χ3n) is 2.96. The van der Waals surface area contributed by atoms with Gasteiger partial charge in [0.05, 0.1) is 12.7 Å². The van der Waals surface area contributed by atoms with Crippen LogP contribution in [0.25, 0.3) is 0 Å². The van der Waals surface area contributed by atoms with Crippen molar-refractivity contribution in [2.24, 2.45) is 0 Å². The molecule has 3 nitrogen and oxygen atoms in total. The molecule has 2 rings (SSSR count). The quantitative estimate of drug-likeness (QED) is 0.760. The molecule has 0 saturated heterocycles. The van der Waals surface area contributed by atoms with Crippen molar-refractivity contribution in [3.05, 3.63) is 58.9 Å². The Balaban J connectivity index is 2.18. The lowest BCUT2D eigenvalue weighted by atomic mass is 10.1. The SMILES string of the molecule is COc1ccc(CBr)c(OCc2ccc(F)c(C#N)c2)c1. The molecular weight excluding hydrogens is 337 g/mol. The van der Waals surface area contributed by atoms with Gasteiger partial charge in [-0.15, -0.1) is 0 Å². The van der Waals surface area contributed by atoms with E-state index < -0.39 is 5.82 Å². The number of hydrogen-bond donors (Lipinski definition) is 0. The van der Waals surface area contributed by atoms with E-state index >= 15 is 0 Å². The predicted octanol–water partition coefficient (Wildman–Crippen LogP) is 4.18. The number of alkyl halides is 1. The third kappa shape index (κ3) is 3.73. The summed E-state index contributed by atoms with van der Waals surface area (Å²) in [5.41, 5.74) is 1.73. The molecule has 0 fully saturated rings. The average Bonchev–Trinajstić information content (AvgIpc) is 2.53. The van der Waals surface area contributed by atoms with Gasteiger partial charge in [0, 0.05) is 17.0 Å². The summed E-state index contributed by atoms with van der Waals surface area (Å²) in [5.74, 6) is 0.865. The molecule has 0 bridgehead atoms. The fourth-order valence-corrected chi connectivity index (χ4v) is 2.28. The van der Waals surface area contributed by atoms with Gasteiger partial charge in [0.1, 0.15) is 30.0 Å². The van der Waals surface area contributed by atoms with Crippen LogP contribution in [0.1, 0.15) is 16.7 Å². The fourth-order valence-electron chi connectivity index (χ4n) is 1.82. The van der Waals surface area contributed by atoms with Gasteiger partial charge in [0.2, 0.25) is 0 Å². The minimum atomic E-state index is -0.524. The molecule has 0 saturated carbocycles. The van der Waals surface area contributed by atoms with E-state index in [4.69, 9.17) is 14.7 Å². The lowest BCUT2D eigenvalue weighted by Gasteiger charge is -2.12. The van der Waals surface area contributed by atoms with Crippen molar-refractivity contribution in [3.63, 3.8) is 0 Å². The van der Waals surface area contributed by atoms with Crippen LogP contribution in [0, 0.1) is 17.1 Å². The van der Waals surface area contributed by atoms with Crippen molar-refractivity contribution >= 4 is 15.9 Å². The third-order valence-corrected chi connectivity index (χ3v) is 3.57. The maximum Gasteiger partial charge on any atom is 0.140 e. The van der Waals surface area contributed by atoms with Crippen molar-refractivity contribution in [1.82, 2.24) is 0 Å². The van der Waals surface area contributed by atoms with Crippen LogP contribution in [0.2, 0.25) is 0 Å². The van der Waals surface area contributed by atoms with E-state index in [1.165, 1.54) is 12.1 Å². The zero-order valence-electron chi connectivity index (χ0n) is 11.4. The topological polar surface area (TPSA) is 42.2 Å². The van der Waals surface area contributed by atoms with Crippen LogP contribution in [0.15, 0.2) is 36.4 Å². The summed E-state index contributed by atoms with van der Waals surface area (Å²) < 4.78 is 24.2. The molecule has 0 amide bonds. The van der Waals surface area contributed by atoms with Crippen molar-refractivity contribution in [2.45, 2.75) is 11.9 Å². The largest absolute Gasteiger partial charge is 0.497 e. The number of methoxy groups -OCH3 is 1. The van der Waals surface area contributed by atoms with Gasteiger partial charge in [-0.1, -0.05) is 28.1 Å². The highest BCUT2D eigenvalue weighted by molar-refractivity contribution is 9.08. The summed E-state index contributed by atoms with van der Waals surface area (Å²) in [7, 11) is 1.59. The van der Waals surface area contributed by atoms with E-state index in [0.29, 0.717) is 16.8 Å². The minimum Gasteiger partial charge on any atom is -0.497 e. The molecular formula is C16H13BrFNO2. The lowest BCUT2D eigenvalue weighted by Crippen LogP contribution is -1.99. The molecule has 0 N–H and O–H groups in total. The van der Waals surface area contributed by atoms with Gasteiger partial charge in [-0.2, -0.15) is 5.26 Å². The van der Waals surface area contributed by atoms with Crippen LogP contribution in [-0.2, 0) is 11.9 Å². The summed E-state index contributed by atoms with van der Waals surface area (Å²) in [4.78, 5) is 0. The summed E-state index contributed by atoms with van der Waals surface area (Å²) >= 11 is 3.40. The summed E-state index contributed by atoms with van der Waals surface area (Å²) in [6, 6.07) is 11.7. The lowest BCUT2D eigenvalue weighted by molar-refractivity contribution is 0.301. The van der Waals surface area contributed by atoms with Crippen molar-refractivity contribution < 1.29 is 13.9 Å². The number of rotatable bonds is 5. The molecule has 0 aliphatic rings. The van der Waals surface area contributed by atoms with E-state index in [9.17, 15) is 4.39 Å². The van der Waals surface area contributed by atoms with Crippen LogP contribution in [0.4, 0.5) is 4.39 Å². The maximum absolute atomic E-state index is 13.3. The van der Waals surface area contributed by atoms with E-state index in [-0.39, 0.29) is 12.2 Å². The van der Waals surface area contributed by atoms with Gasteiger partial charge in [0.15, 0.2) is 0 Å². The molecule has 0 heterocycles. The Kier molecular flexibility index (Phi) is 5.18. The number of nitrogens with zero attached hydrogens (tertiary/aromatic N) is 1. The second-order valence-electron chi connectivity index (χ2n) is 4.32. The smallest absolute Gasteiger partial charge is 0.140 e. The standard InChI is InChI=1S/C16H13BrFNO2/c1-20-14-4-3-12(8-17)16(7-14)21-10-11-2-5-15(18)13(6-11)9-19/h2-7H,8,10H2,1H3. The van der Waals surface area contributed by atoms with E-state index in [1.54, 1.807) is 19.2 Å². The van der Waals surface area contributed by atoms with Crippen LogP contribution < -0.4 is 9.47 Å². The Morgan fingerprint density at radius 1 is 1.24 bits per heavy atom. The molecule has 21 heavy (non-hydrogen) atoms. The summed E-state index contributed by atoms with van der Waals surface area (Å²) in [6.45, 7) is 0.252. The highest BCUT2D eigenvalue weighted by atomic mass is 79.9. The zero-order chi connectivity index (χ0) is 15.2. The Morgan fingerprint density at radius 3 is 2.71 bits per heavy atom. The number of ether oxygens (including phenoxy) is 2. The van der Waals surface area contributed by atoms with Crippen molar-refractivity contribution in [1.29, 1.82) is 5.26 Å². The molecule has 0 aliphatic carbocycles. The highest BCUT2D eigenvalue weighted by Gasteiger charge is 2.07. The van der Waals surface area contributed by atoms with Crippen LogP contribution in [0.5, 0.6) is 11.5 Å². The molecule has 0 aromatic heterocycles. The van der Waals surface area contributed by atoms with E-state index in [1.807, 2.05) is 18.2 Å². The molecule has 0 radical (unpaired) electrons. The maximum atomic E-state index is 13.3. The average molecular weight is 350 g/mol. The van der Waals surface area contributed by atoms with Gasteiger partial charge in [-0.05, 0) is 23.8 Å². The molecule has 0 spiro atoms. The van der Waals surface area contributed by atoms with Crippen LogP contribution >= 0.6 is 15.9 Å². The van der Waals surface area contributed by atoms with E-state index in [2.05, 4.69) is 15.9 Å². The molecule has 108 valence electrons. The fraction of sp³-hybridized carbons (Fsp3) is 0.188. The van der Waals surface area contributed by atoms with Crippen molar-refractivity contribution in [2.75, 3.05) is 7.11 Å². The first-order valence-electron chi connectivity index (χ1n) is 6.22. The van der Waals surface area contributed by atoms with Gasteiger partial charge in [-0.25, -0.2) is 4.39 Å².